The van der Waals surface area contributed by atoms with Crippen LogP contribution in [0.1, 0.15) is 48.2 Å². The number of halogens is 8. The van der Waals surface area contributed by atoms with E-state index in [0.717, 1.165) is 24.5 Å². The summed E-state index contributed by atoms with van der Waals surface area (Å²) in [5, 5.41) is 0. The molecule has 11 heteroatoms. The molecule has 0 amide bonds. The van der Waals surface area contributed by atoms with Crippen LogP contribution in [0.15, 0.2) is 33.5 Å². The molecule has 3 nitrogen and oxygen atoms in total. The number of carbonyl (C=O) groups is 1. The predicted octanol–water partition coefficient (Wildman–Crippen LogP) is 6.52. The molecule has 152 valence electrons. The van der Waals surface area contributed by atoms with Crippen LogP contribution >= 0.6 is 31.9 Å². The summed E-state index contributed by atoms with van der Waals surface area (Å²) in [5.74, 6) is -3.65. The highest BCUT2D eigenvalue weighted by Gasteiger charge is 2.40. The summed E-state index contributed by atoms with van der Waals surface area (Å²) in [5.41, 5.74) is -3.37. The zero-order chi connectivity index (χ0) is 21.4. The maximum Gasteiger partial charge on any atom is 0.418 e. The average Bonchev–Trinajstić information content (AvgIpc) is 2.58. The Hall–Kier alpha value is -1.49. The second-order valence-corrected chi connectivity index (χ2v) is 7.85. The van der Waals surface area contributed by atoms with Gasteiger partial charge in [-0.1, -0.05) is 0 Å². The fraction of sp³-hybridized carbons (Fsp3) is 0.353. The zero-order valence-electron chi connectivity index (χ0n) is 14.3. The summed E-state index contributed by atoms with van der Waals surface area (Å²) in [6.45, 7) is 2.35. The van der Waals surface area contributed by atoms with E-state index < -0.39 is 52.5 Å². The minimum Gasteiger partial charge on any atom is -0.298 e. The van der Waals surface area contributed by atoms with Crippen LogP contribution in [-0.4, -0.2) is 15.8 Å². The van der Waals surface area contributed by atoms with Crippen LogP contribution in [0.25, 0.3) is 0 Å². The Morgan fingerprint density at radius 2 is 1.14 bits per heavy atom. The third-order valence-corrected chi connectivity index (χ3v) is 4.92. The van der Waals surface area contributed by atoms with Gasteiger partial charge in [0.15, 0.2) is 0 Å². The van der Waals surface area contributed by atoms with E-state index in [1.165, 1.54) is 13.8 Å². The van der Waals surface area contributed by atoms with E-state index in [1.807, 2.05) is 0 Å². The van der Waals surface area contributed by atoms with Crippen LogP contribution in [0.5, 0.6) is 0 Å². The van der Waals surface area contributed by atoms with E-state index in [4.69, 9.17) is 0 Å². The van der Waals surface area contributed by atoms with Gasteiger partial charge in [-0.05, 0) is 57.8 Å². The van der Waals surface area contributed by atoms with Crippen molar-refractivity contribution in [2.75, 3.05) is 0 Å². The minimum absolute atomic E-state index is 0.0604. The van der Waals surface area contributed by atoms with E-state index in [2.05, 4.69) is 41.8 Å². The lowest BCUT2D eigenvalue weighted by Crippen LogP contribution is -2.24. The number of nitrogens with zero attached hydrogens (tertiary/aromatic N) is 2. The molecule has 2 atom stereocenters. The Morgan fingerprint density at radius 1 is 0.821 bits per heavy atom. The second-order valence-electron chi connectivity index (χ2n) is 6.01. The molecule has 0 aliphatic heterocycles. The molecule has 28 heavy (non-hydrogen) atoms. The van der Waals surface area contributed by atoms with Crippen LogP contribution in [0.3, 0.4) is 0 Å². The molecule has 2 heterocycles. The van der Waals surface area contributed by atoms with Gasteiger partial charge < -0.3 is 0 Å². The highest BCUT2D eigenvalue weighted by molar-refractivity contribution is 9.10. The van der Waals surface area contributed by atoms with Gasteiger partial charge in [-0.3, -0.25) is 14.8 Å². The van der Waals surface area contributed by atoms with Crippen molar-refractivity contribution in [3.8, 4) is 0 Å². The summed E-state index contributed by atoms with van der Waals surface area (Å²) in [6, 6.07) is 1.55. The molecule has 2 aromatic heterocycles. The van der Waals surface area contributed by atoms with Gasteiger partial charge >= 0.3 is 12.4 Å². The van der Waals surface area contributed by atoms with Gasteiger partial charge in [0, 0.05) is 21.3 Å². The largest absolute Gasteiger partial charge is 0.418 e. The summed E-state index contributed by atoms with van der Waals surface area (Å²) >= 11 is 5.78. The van der Waals surface area contributed by atoms with Gasteiger partial charge in [0.05, 0.1) is 34.4 Å². The fourth-order valence-corrected chi connectivity index (χ4v) is 3.35. The smallest absolute Gasteiger partial charge is 0.298 e. The van der Waals surface area contributed by atoms with Gasteiger partial charge in [0.25, 0.3) is 0 Å². The Labute approximate surface area is 172 Å². The first-order valence-electron chi connectivity index (χ1n) is 7.72. The molecule has 0 fully saturated rings. The molecular formula is C17H12Br2F6N2O. The molecule has 0 radical (unpaired) electrons. The molecule has 0 aromatic carbocycles. The first-order chi connectivity index (χ1) is 12.7. The number of carbonyl (C=O) groups excluding carboxylic acids is 1. The Morgan fingerprint density at radius 3 is 1.43 bits per heavy atom. The lowest BCUT2D eigenvalue weighted by molar-refractivity contribution is -0.139. The van der Waals surface area contributed by atoms with Crippen molar-refractivity contribution in [1.82, 2.24) is 9.97 Å². The van der Waals surface area contributed by atoms with Crippen molar-refractivity contribution >= 4 is 37.6 Å². The Balaban J connectivity index is 2.48. The van der Waals surface area contributed by atoms with Gasteiger partial charge in [-0.25, -0.2) is 0 Å². The molecule has 0 bridgehead atoms. The molecule has 0 aliphatic carbocycles. The molecule has 0 spiro atoms. The number of aromatic nitrogens is 2. The lowest BCUT2D eigenvalue weighted by atomic mass is 9.87. The van der Waals surface area contributed by atoms with Crippen molar-refractivity contribution in [3.05, 3.63) is 56.0 Å². The third-order valence-electron chi connectivity index (χ3n) is 4.05. The molecule has 0 saturated heterocycles. The van der Waals surface area contributed by atoms with Crippen LogP contribution < -0.4 is 0 Å². The van der Waals surface area contributed by atoms with Crippen LogP contribution in [0, 0.1) is 0 Å². The molecule has 2 aromatic rings. The zero-order valence-corrected chi connectivity index (χ0v) is 17.5. The van der Waals surface area contributed by atoms with Crippen LogP contribution in [0.2, 0.25) is 0 Å². The third kappa shape index (κ3) is 4.91. The average molecular weight is 534 g/mol. The Bertz CT molecular complexity index is 827. The summed E-state index contributed by atoms with van der Waals surface area (Å²) in [6.07, 6.45) is -7.37. The molecule has 0 aliphatic rings. The maximum atomic E-state index is 13.3. The van der Waals surface area contributed by atoms with Crippen molar-refractivity contribution in [2.45, 2.75) is 38.0 Å². The lowest BCUT2D eigenvalue weighted by Gasteiger charge is -2.21. The van der Waals surface area contributed by atoms with Crippen molar-refractivity contribution in [1.29, 1.82) is 0 Å². The van der Waals surface area contributed by atoms with Crippen molar-refractivity contribution in [3.63, 3.8) is 0 Å². The molecule has 0 saturated carbocycles. The van der Waals surface area contributed by atoms with Gasteiger partial charge in [0.2, 0.25) is 0 Å². The number of pyridine rings is 2. The van der Waals surface area contributed by atoms with Crippen molar-refractivity contribution < 1.29 is 31.1 Å². The van der Waals surface area contributed by atoms with Gasteiger partial charge in [-0.2, -0.15) is 26.3 Å². The van der Waals surface area contributed by atoms with E-state index in [-0.39, 0.29) is 8.95 Å². The van der Waals surface area contributed by atoms with Gasteiger partial charge in [0.1, 0.15) is 5.78 Å². The summed E-state index contributed by atoms with van der Waals surface area (Å²) < 4.78 is 79.9. The number of alkyl halides is 6. The van der Waals surface area contributed by atoms with E-state index in [0.29, 0.717) is 0 Å². The number of ketones is 1. The molecule has 2 rings (SSSR count). The molecule has 2 unspecified atom stereocenters. The fourth-order valence-electron chi connectivity index (χ4n) is 2.69. The number of hydrogen-bond acceptors (Lipinski definition) is 3. The number of Topliss-reactive ketones (excluding diaryl/α,β-unsaturated/α-hetero) is 1. The van der Waals surface area contributed by atoms with Crippen LogP contribution in [0.4, 0.5) is 26.3 Å². The summed E-state index contributed by atoms with van der Waals surface area (Å²) in [7, 11) is 0. The number of rotatable bonds is 4. The first kappa shape index (κ1) is 22.8. The van der Waals surface area contributed by atoms with E-state index in [1.54, 1.807) is 0 Å². The summed E-state index contributed by atoms with van der Waals surface area (Å²) in [4.78, 5) is 20.1. The SMILES string of the molecule is CC(C(=O)C(C)c1ncc(Br)cc1C(F)(F)F)c1ncc(Br)cc1C(F)(F)F. The second kappa shape index (κ2) is 8.10. The normalized spacial score (nSPS) is 14.6. The maximum absolute atomic E-state index is 13.3. The van der Waals surface area contributed by atoms with E-state index in [9.17, 15) is 31.1 Å². The highest BCUT2D eigenvalue weighted by atomic mass is 79.9. The highest BCUT2D eigenvalue weighted by Crippen LogP contribution is 2.40. The Kier molecular flexibility index (Phi) is 6.59. The topological polar surface area (TPSA) is 42.9 Å². The van der Waals surface area contributed by atoms with Crippen LogP contribution in [-0.2, 0) is 17.1 Å². The van der Waals surface area contributed by atoms with Gasteiger partial charge in [-0.15, -0.1) is 0 Å². The molecule has 0 N–H and O–H groups in total. The van der Waals surface area contributed by atoms with E-state index >= 15 is 0 Å². The molecular weight excluding hydrogens is 522 g/mol. The first-order valence-corrected chi connectivity index (χ1v) is 9.31. The number of hydrogen-bond donors (Lipinski definition) is 0. The minimum atomic E-state index is -4.78. The quantitative estimate of drug-likeness (QED) is 0.420. The standard InChI is InChI=1S/C17H12Br2F6N2O/c1-7(13-11(16(20,21)22)3-9(18)5-26-13)15(28)8(2)14-12(17(23,24)25)4-10(19)6-27-14/h3-8H,1-2H3. The predicted molar refractivity (Wildman–Crippen MR) is 95.7 cm³/mol. The monoisotopic (exact) mass is 532 g/mol. The van der Waals surface area contributed by atoms with Crippen molar-refractivity contribution in [2.24, 2.45) is 0 Å².